The molecule has 1 fully saturated rings. The maximum absolute atomic E-state index is 11.9. The monoisotopic (exact) mass is 340 g/mol. The molecule has 126 valence electrons. The molecule has 7 nitrogen and oxygen atoms in total. The second kappa shape index (κ2) is 6.99. The van der Waals surface area contributed by atoms with Gasteiger partial charge in [0.25, 0.3) is 0 Å². The molecule has 1 atom stereocenters. The molecule has 0 radical (unpaired) electrons. The van der Waals surface area contributed by atoms with Crippen LogP contribution in [0.4, 0.5) is 5.69 Å². The molecular formula is C15H20N2O5S. The smallest absolute Gasteiger partial charge is 0.340 e. The van der Waals surface area contributed by atoms with Crippen molar-refractivity contribution in [2.45, 2.75) is 19.4 Å². The molecule has 8 heteroatoms. The lowest BCUT2D eigenvalue weighted by molar-refractivity contribution is -0.119. The third kappa shape index (κ3) is 4.44. The molecule has 1 saturated heterocycles. The lowest BCUT2D eigenvalue weighted by atomic mass is 10.1. The van der Waals surface area contributed by atoms with Crippen molar-refractivity contribution in [3.63, 3.8) is 0 Å². The Bertz CT molecular complexity index is 715. The van der Waals surface area contributed by atoms with Gasteiger partial charge >= 0.3 is 5.97 Å². The summed E-state index contributed by atoms with van der Waals surface area (Å²) in [6.07, 6.45) is 0.436. The number of carbonyl (C=O) groups excluding carboxylic acids is 2. The van der Waals surface area contributed by atoms with Crippen LogP contribution < -0.4 is 10.6 Å². The summed E-state index contributed by atoms with van der Waals surface area (Å²) in [5, 5.41) is 5.59. The fraction of sp³-hybridized carbons (Fsp3) is 0.467. The van der Waals surface area contributed by atoms with Crippen molar-refractivity contribution in [3.8, 4) is 0 Å². The Morgan fingerprint density at radius 1 is 1.35 bits per heavy atom. The van der Waals surface area contributed by atoms with E-state index in [4.69, 9.17) is 4.74 Å². The van der Waals surface area contributed by atoms with Crippen LogP contribution in [-0.2, 0) is 19.4 Å². The van der Waals surface area contributed by atoms with Crippen molar-refractivity contribution in [2.75, 3.05) is 30.5 Å². The van der Waals surface area contributed by atoms with E-state index in [9.17, 15) is 18.0 Å². The summed E-state index contributed by atoms with van der Waals surface area (Å²) in [6.45, 7) is 1.73. The van der Waals surface area contributed by atoms with Gasteiger partial charge in [0.05, 0.1) is 30.7 Å². The highest BCUT2D eigenvalue weighted by Crippen LogP contribution is 2.20. The van der Waals surface area contributed by atoms with Crippen molar-refractivity contribution in [3.05, 3.63) is 29.3 Å². The number of rotatable bonds is 5. The van der Waals surface area contributed by atoms with Crippen LogP contribution >= 0.6 is 0 Å². The van der Waals surface area contributed by atoms with Crippen molar-refractivity contribution in [1.82, 2.24) is 5.32 Å². The minimum Gasteiger partial charge on any atom is -0.465 e. The summed E-state index contributed by atoms with van der Waals surface area (Å²) in [7, 11) is -1.73. The van der Waals surface area contributed by atoms with Gasteiger partial charge in [-0.3, -0.25) is 4.79 Å². The number of amides is 1. The maximum atomic E-state index is 11.9. The molecule has 0 spiro atoms. The average Bonchev–Trinajstić information content (AvgIpc) is 2.83. The number of hydrogen-bond donors (Lipinski definition) is 2. The van der Waals surface area contributed by atoms with Crippen LogP contribution in [0.25, 0.3) is 0 Å². The minimum atomic E-state index is -3.03. The van der Waals surface area contributed by atoms with E-state index in [-0.39, 0.29) is 30.0 Å². The number of hydrogen-bond acceptors (Lipinski definition) is 6. The van der Waals surface area contributed by atoms with E-state index < -0.39 is 15.8 Å². The van der Waals surface area contributed by atoms with E-state index in [0.29, 0.717) is 17.7 Å². The third-order valence-corrected chi connectivity index (χ3v) is 5.47. The molecule has 1 aliphatic heterocycles. The lowest BCUT2D eigenvalue weighted by Gasteiger charge is -2.14. The van der Waals surface area contributed by atoms with Gasteiger partial charge in [-0.1, -0.05) is 12.1 Å². The predicted octanol–water partition coefficient (Wildman–Crippen LogP) is 0.497. The molecule has 0 saturated carbocycles. The predicted molar refractivity (Wildman–Crippen MR) is 86.2 cm³/mol. The largest absolute Gasteiger partial charge is 0.465 e. The molecule has 0 aromatic heterocycles. The van der Waals surface area contributed by atoms with Gasteiger partial charge in [-0.25, -0.2) is 13.2 Å². The summed E-state index contributed by atoms with van der Waals surface area (Å²) in [4.78, 5) is 23.8. The molecular weight excluding hydrogens is 320 g/mol. The van der Waals surface area contributed by atoms with Gasteiger partial charge in [0.2, 0.25) is 5.91 Å². The van der Waals surface area contributed by atoms with Crippen molar-refractivity contribution in [2.24, 2.45) is 0 Å². The van der Waals surface area contributed by atoms with Crippen molar-refractivity contribution < 1.29 is 22.7 Å². The zero-order chi connectivity index (χ0) is 17.0. The number of aryl methyl sites for hydroxylation is 1. The first-order valence-corrected chi connectivity index (χ1v) is 9.06. The quantitative estimate of drug-likeness (QED) is 0.757. The topological polar surface area (TPSA) is 102 Å². The summed E-state index contributed by atoms with van der Waals surface area (Å²) in [5.74, 6) is -0.705. The van der Waals surface area contributed by atoms with Gasteiger partial charge in [0.15, 0.2) is 9.84 Å². The van der Waals surface area contributed by atoms with E-state index in [2.05, 4.69) is 10.6 Å². The zero-order valence-electron chi connectivity index (χ0n) is 13.1. The summed E-state index contributed by atoms with van der Waals surface area (Å²) in [6, 6.07) is 4.89. The minimum absolute atomic E-state index is 0.0173. The number of sulfone groups is 1. The van der Waals surface area contributed by atoms with Gasteiger partial charge in [0, 0.05) is 11.7 Å². The number of nitrogens with one attached hydrogen (secondary N) is 2. The fourth-order valence-electron chi connectivity index (χ4n) is 2.55. The second-order valence-corrected chi connectivity index (χ2v) is 7.74. The van der Waals surface area contributed by atoms with Crippen LogP contribution in [0.15, 0.2) is 18.2 Å². The number of ether oxygens (including phenoxy) is 1. The molecule has 1 amide bonds. The summed E-state index contributed by atoms with van der Waals surface area (Å²) >= 11 is 0. The average molecular weight is 340 g/mol. The fourth-order valence-corrected chi connectivity index (χ4v) is 4.22. The summed E-state index contributed by atoms with van der Waals surface area (Å²) < 4.78 is 27.5. The number of esters is 1. The number of methoxy groups -OCH3 is 1. The molecule has 1 heterocycles. The van der Waals surface area contributed by atoms with Crippen LogP contribution in [0.2, 0.25) is 0 Å². The molecule has 1 aromatic rings. The standard InChI is InChI=1S/C15H20N2O5S/c1-10-4-3-5-12(14(10)15(19)22-2)16-8-13(18)17-11-6-7-23(20,21)9-11/h3-5,11,16H,6-9H2,1-2H3,(H,17,18). The molecule has 2 rings (SSSR count). The van der Waals surface area contributed by atoms with Gasteiger partial charge < -0.3 is 15.4 Å². The van der Waals surface area contributed by atoms with Crippen molar-refractivity contribution in [1.29, 1.82) is 0 Å². The highest BCUT2D eigenvalue weighted by molar-refractivity contribution is 7.91. The maximum Gasteiger partial charge on any atom is 0.340 e. The SMILES string of the molecule is COC(=O)c1c(C)cccc1NCC(=O)NC1CCS(=O)(=O)C1. The Morgan fingerprint density at radius 3 is 2.70 bits per heavy atom. The van der Waals surface area contributed by atoms with E-state index >= 15 is 0 Å². The normalized spacial score (nSPS) is 19.1. The van der Waals surface area contributed by atoms with Gasteiger partial charge in [-0.15, -0.1) is 0 Å². The Balaban J connectivity index is 1.97. The Kier molecular flexibility index (Phi) is 5.25. The van der Waals surface area contributed by atoms with Gasteiger partial charge in [-0.2, -0.15) is 0 Å². The third-order valence-electron chi connectivity index (χ3n) is 3.70. The Hall–Kier alpha value is -2.09. The Labute approximate surface area is 135 Å². The molecule has 2 N–H and O–H groups in total. The molecule has 1 aromatic carbocycles. The second-order valence-electron chi connectivity index (χ2n) is 5.51. The van der Waals surface area contributed by atoms with Crippen LogP contribution in [-0.4, -0.2) is 51.5 Å². The first-order valence-electron chi connectivity index (χ1n) is 7.24. The summed E-state index contributed by atoms with van der Waals surface area (Å²) in [5.41, 5.74) is 1.63. The molecule has 0 bridgehead atoms. The lowest BCUT2D eigenvalue weighted by Crippen LogP contribution is -2.39. The van der Waals surface area contributed by atoms with Gasteiger partial charge in [0.1, 0.15) is 0 Å². The Morgan fingerprint density at radius 2 is 2.09 bits per heavy atom. The van der Waals surface area contributed by atoms with E-state index in [1.165, 1.54) is 7.11 Å². The van der Waals surface area contributed by atoms with Crippen LogP contribution in [0.3, 0.4) is 0 Å². The van der Waals surface area contributed by atoms with Gasteiger partial charge in [-0.05, 0) is 25.0 Å². The molecule has 1 unspecified atom stereocenters. The first-order chi connectivity index (χ1) is 10.8. The highest BCUT2D eigenvalue weighted by atomic mass is 32.2. The molecule has 1 aliphatic rings. The van der Waals surface area contributed by atoms with E-state index in [0.717, 1.165) is 5.56 Å². The van der Waals surface area contributed by atoms with E-state index in [1.54, 1.807) is 25.1 Å². The molecule has 0 aliphatic carbocycles. The number of carbonyl (C=O) groups is 2. The number of benzene rings is 1. The molecule has 23 heavy (non-hydrogen) atoms. The van der Waals surface area contributed by atoms with Crippen LogP contribution in [0.1, 0.15) is 22.3 Å². The van der Waals surface area contributed by atoms with Crippen LogP contribution in [0.5, 0.6) is 0 Å². The highest BCUT2D eigenvalue weighted by Gasteiger charge is 2.28. The number of anilines is 1. The van der Waals surface area contributed by atoms with Crippen LogP contribution in [0, 0.1) is 6.92 Å². The van der Waals surface area contributed by atoms with Crippen molar-refractivity contribution >= 4 is 27.4 Å². The zero-order valence-corrected chi connectivity index (χ0v) is 13.9. The first kappa shape index (κ1) is 17.3. The van der Waals surface area contributed by atoms with E-state index in [1.807, 2.05) is 0 Å².